The van der Waals surface area contributed by atoms with Gasteiger partial charge in [-0.25, -0.2) is 9.48 Å². The summed E-state index contributed by atoms with van der Waals surface area (Å²) >= 11 is 0. The Hall–Kier alpha value is -3.89. The molecule has 0 saturated carbocycles. The molecule has 1 heterocycles. The minimum absolute atomic E-state index is 0.0614. The van der Waals surface area contributed by atoms with Gasteiger partial charge in [0, 0.05) is 12.1 Å². The average Bonchev–Trinajstić information content (AvgIpc) is 3.15. The molecule has 156 valence electrons. The molecule has 0 aliphatic carbocycles. The van der Waals surface area contributed by atoms with Crippen LogP contribution in [0.15, 0.2) is 54.7 Å². The third kappa shape index (κ3) is 5.34. The fourth-order valence-corrected chi connectivity index (χ4v) is 2.60. The van der Waals surface area contributed by atoms with Crippen molar-refractivity contribution in [2.24, 2.45) is 0 Å². The molecule has 3 aromatic rings. The SMILES string of the molecule is O=C(O)CCc1cn(-c2ccc(NC(=O)Nc3ccccc3C(F)(F)F)cc2)nn1. The Morgan fingerprint density at radius 2 is 1.73 bits per heavy atom. The summed E-state index contributed by atoms with van der Waals surface area (Å²) in [7, 11) is 0. The molecule has 0 unspecified atom stereocenters. The molecule has 0 atom stereocenters. The number of hydrogen-bond donors (Lipinski definition) is 3. The largest absolute Gasteiger partial charge is 0.481 e. The van der Waals surface area contributed by atoms with Gasteiger partial charge in [-0.05, 0) is 36.4 Å². The molecule has 8 nitrogen and oxygen atoms in total. The summed E-state index contributed by atoms with van der Waals surface area (Å²) in [6.07, 6.45) is -2.82. The van der Waals surface area contributed by atoms with Gasteiger partial charge in [-0.3, -0.25) is 4.79 Å². The first-order valence-electron chi connectivity index (χ1n) is 8.70. The van der Waals surface area contributed by atoms with E-state index >= 15 is 0 Å². The molecule has 2 amide bonds. The quantitative estimate of drug-likeness (QED) is 0.561. The minimum Gasteiger partial charge on any atom is -0.481 e. The van der Waals surface area contributed by atoms with E-state index in [2.05, 4.69) is 20.9 Å². The number of nitrogens with one attached hydrogen (secondary N) is 2. The van der Waals surface area contributed by atoms with E-state index in [4.69, 9.17) is 5.11 Å². The van der Waals surface area contributed by atoms with Crippen molar-refractivity contribution >= 4 is 23.4 Å². The highest BCUT2D eigenvalue weighted by atomic mass is 19.4. The molecule has 0 radical (unpaired) electrons. The lowest BCUT2D eigenvalue weighted by Crippen LogP contribution is -2.21. The lowest BCUT2D eigenvalue weighted by Gasteiger charge is -2.14. The van der Waals surface area contributed by atoms with Crippen molar-refractivity contribution in [3.63, 3.8) is 0 Å². The summed E-state index contributed by atoms with van der Waals surface area (Å²) in [6.45, 7) is 0. The number of aliphatic carboxylic acids is 1. The van der Waals surface area contributed by atoms with Crippen LogP contribution in [-0.4, -0.2) is 32.1 Å². The van der Waals surface area contributed by atoms with Gasteiger partial charge in [0.1, 0.15) is 0 Å². The van der Waals surface area contributed by atoms with Crippen molar-refractivity contribution < 1.29 is 27.9 Å². The predicted molar refractivity (Wildman–Crippen MR) is 101 cm³/mol. The van der Waals surface area contributed by atoms with Gasteiger partial charge in [-0.1, -0.05) is 17.3 Å². The number of anilines is 2. The van der Waals surface area contributed by atoms with E-state index in [0.717, 1.165) is 12.1 Å². The number of alkyl halides is 3. The molecule has 30 heavy (non-hydrogen) atoms. The molecule has 11 heteroatoms. The second-order valence-corrected chi connectivity index (χ2v) is 6.22. The van der Waals surface area contributed by atoms with Crippen molar-refractivity contribution in [3.8, 4) is 5.69 Å². The molecule has 1 aromatic heterocycles. The van der Waals surface area contributed by atoms with E-state index in [0.29, 0.717) is 17.1 Å². The summed E-state index contributed by atoms with van der Waals surface area (Å²) < 4.78 is 40.5. The number of halogens is 3. The Morgan fingerprint density at radius 1 is 1.03 bits per heavy atom. The Balaban J connectivity index is 1.64. The Bertz CT molecular complexity index is 1050. The zero-order chi connectivity index (χ0) is 21.7. The van der Waals surface area contributed by atoms with Gasteiger partial charge in [-0.15, -0.1) is 5.10 Å². The lowest BCUT2D eigenvalue weighted by atomic mass is 10.1. The summed E-state index contributed by atoms with van der Waals surface area (Å²) in [4.78, 5) is 22.7. The standard InChI is InChI=1S/C19H16F3N5O3/c20-19(21,22)15-3-1-2-4-16(15)24-18(30)23-12-5-8-14(9-6-12)27-11-13(25-26-27)7-10-17(28)29/h1-6,8-9,11H,7,10H2,(H,28,29)(H2,23,24,30). The average molecular weight is 419 g/mol. The number of carbonyl (C=O) groups is 2. The zero-order valence-corrected chi connectivity index (χ0v) is 15.3. The number of rotatable bonds is 6. The van der Waals surface area contributed by atoms with Crippen LogP contribution in [0.25, 0.3) is 5.69 Å². The number of urea groups is 1. The Morgan fingerprint density at radius 3 is 2.40 bits per heavy atom. The van der Waals surface area contributed by atoms with E-state index < -0.39 is 23.7 Å². The molecule has 0 fully saturated rings. The molecule has 3 rings (SSSR count). The topological polar surface area (TPSA) is 109 Å². The van der Waals surface area contributed by atoms with Gasteiger partial charge < -0.3 is 15.7 Å². The number of nitrogens with zero attached hydrogens (tertiary/aromatic N) is 3. The molecular weight excluding hydrogens is 403 g/mol. The zero-order valence-electron chi connectivity index (χ0n) is 15.3. The summed E-state index contributed by atoms with van der Waals surface area (Å²) in [5, 5.41) is 21.1. The van der Waals surface area contributed by atoms with Gasteiger partial charge in [0.25, 0.3) is 0 Å². The van der Waals surface area contributed by atoms with E-state index in [-0.39, 0.29) is 18.5 Å². The number of hydrogen-bond acceptors (Lipinski definition) is 4. The van der Waals surface area contributed by atoms with Crippen molar-refractivity contribution in [3.05, 3.63) is 66.0 Å². The first-order valence-corrected chi connectivity index (χ1v) is 8.70. The first-order chi connectivity index (χ1) is 14.2. The minimum atomic E-state index is -4.59. The van der Waals surface area contributed by atoms with Gasteiger partial charge in [-0.2, -0.15) is 13.2 Å². The van der Waals surface area contributed by atoms with Crippen LogP contribution >= 0.6 is 0 Å². The molecule has 0 aliphatic rings. The van der Waals surface area contributed by atoms with Crippen LogP contribution < -0.4 is 10.6 Å². The molecular formula is C19H16F3N5O3. The van der Waals surface area contributed by atoms with E-state index in [1.54, 1.807) is 30.5 Å². The predicted octanol–water partition coefficient (Wildman–Crippen LogP) is 3.95. The third-order valence-corrected chi connectivity index (χ3v) is 4.01. The van der Waals surface area contributed by atoms with Crippen molar-refractivity contribution in [1.82, 2.24) is 15.0 Å². The maximum absolute atomic E-state index is 13.0. The highest BCUT2D eigenvalue weighted by molar-refractivity contribution is 6.00. The number of carboxylic acids is 1. The van der Waals surface area contributed by atoms with Crippen LogP contribution in [0.3, 0.4) is 0 Å². The van der Waals surface area contributed by atoms with Gasteiger partial charge in [0.2, 0.25) is 0 Å². The van der Waals surface area contributed by atoms with Crippen molar-refractivity contribution in [1.29, 1.82) is 0 Å². The molecule has 0 bridgehead atoms. The van der Waals surface area contributed by atoms with Crippen LogP contribution in [0.1, 0.15) is 17.7 Å². The Labute approximate surface area is 168 Å². The second kappa shape index (κ2) is 8.64. The summed E-state index contributed by atoms with van der Waals surface area (Å²) in [5.41, 5.74) is 0.183. The summed E-state index contributed by atoms with van der Waals surface area (Å²) in [5.74, 6) is -0.934. The molecule has 3 N–H and O–H groups in total. The van der Waals surface area contributed by atoms with Gasteiger partial charge in [0.15, 0.2) is 0 Å². The first kappa shape index (κ1) is 20.8. The molecule has 0 aliphatic heterocycles. The van der Waals surface area contributed by atoms with Crippen molar-refractivity contribution in [2.75, 3.05) is 10.6 Å². The van der Waals surface area contributed by atoms with Crippen LogP contribution in [0.4, 0.5) is 29.3 Å². The molecule has 0 spiro atoms. The van der Waals surface area contributed by atoms with Gasteiger partial charge in [0.05, 0.1) is 35.2 Å². The highest BCUT2D eigenvalue weighted by Crippen LogP contribution is 2.34. The fourth-order valence-electron chi connectivity index (χ4n) is 2.60. The number of aryl methyl sites for hydroxylation is 1. The number of aromatic nitrogens is 3. The van der Waals surface area contributed by atoms with Crippen LogP contribution in [0.2, 0.25) is 0 Å². The van der Waals surface area contributed by atoms with Crippen LogP contribution in [-0.2, 0) is 17.4 Å². The van der Waals surface area contributed by atoms with Crippen molar-refractivity contribution in [2.45, 2.75) is 19.0 Å². The lowest BCUT2D eigenvalue weighted by molar-refractivity contribution is -0.137. The Kier molecular flexibility index (Phi) is 6.00. The molecule has 2 aromatic carbocycles. The molecule has 0 saturated heterocycles. The fraction of sp³-hybridized carbons (Fsp3) is 0.158. The summed E-state index contributed by atoms with van der Waals surface area (Å²) in [6, 6.07) is 10.2. The van der Waals surface area contributed by atoms with Crippen LogP contribution in [0.5, 0.6) is 0 Å². The number of amides is 2. The number of para-hydroxylation sites is 1. The van der Waals surface area contributed by atoms with Crippen LogP contribution in [0, 0.1) is 0 Å². The monoisotopic (exact) mass is 419 g/mol. The smallest absolute Gasteiger partial charge is 0.418 e. The maximum Gasteiger partial charge on any atom is 0.418 e. The second-order valence-electron chi connectivity index (χ2n) is 6.22. The van der Waals surface area contributed by atoms with E-state index in [9.17, 15) is 22.8 Å². The van der Waals surface area contributed by atoms with E-state index in [1.165, 1.54) is 16.8 Å². The number of benzene rings is 2. The highest BCUT2D eigenvalue weighted by Gasteiger charge is 2.33. The maximum atomic E-state index is 13.0. The number of carboxylic acid groups (broad SMARTS) is 1. The normalized spacial score (nSPS) is 11.2. The van der Waals surface area contributed by atoms with E-state index in [1.807, 2.05) is 0 Å². The third-order valence-electron chi connectivity index (χ3n) is 4.01. The number of carbonyl (C=O) groups excluding carboxylic acids is 1. The van der Waals surface area contributed by atoms with Gasteiger partial charge >= 0.3 is 18.2 Å².